The molecule has 1 fully saturated rings. The third kappa shape index (κ3) is 3.96. The Labute approximate surface area is 119 Å². The van der Waals surface area contributed by atoms with Crippen molar-refractivity contribution in [3.8, 4) is 0 Å². The van der Waals surface area contributed by atoms with Crippen LogP contribution in [0, 0.1) is 11.7 Å². The molecule has 1 N–H and O–H groups in total. The quantitative estimate of drug-likeness (QED) is 0.871. The smallest absolute Gasteiger partial charge is 0.248 e. The Bertz CT molecular complexity index is 440. The SMILES string of the molecule is OC(Cc1cc(Br)ccc1F)C1CCC(F)(F)CC1. The Kier molecular flexibility index (Phi) is 4.56. The number of halogens is 4. The standard InChI is InChI=1S/C14H16BrF3O/c15-11-1-2-12(16)10(7-11)8-13(19)9-3-5-14(17,18)6-4-9/h1-2,7,9,13,19H,3-6,8H2. The molecule has 5 heteroatoms. The first-order valence-electron chi connectivity index (χ1n) is 6.37. The molecule has 0 radical (unpaired) electrons. The molecule has 0 spiro atoms. The summed E-state index contributed by atoms with van der Waals surface area (Å²) in [7, 11) is 0. The second-order valence-corrected chi connectivity index (χ2v) is 6.12. The zero-order valence-electron chi connectivity index (χ0n) is 10.4. The lowest BCUT2D eigenvalue weighted by molar-refractivity contribution is -0.0620. The minimum atomic E-state index is -2.60. The van der Waals surface area contributed by atoms with E-state index in [1.807, 2.05) is 0 Å². The number of hydrogen-bond donors (Lipinski definition) is 1. The summed E-state index contributed by atoms with van der Waals surface area (Å²) in [6.45, 7) is 0. The van der Waals surface area contributed by atoms with Gasteiger partial charge in [0, 0.05) is 23.7 Å². The summed E-state index contributed by atoms with van der Waals surface area (Å²) in [5.74, 6) is -3.14. The highest BCUT2D eigenvalue weighted by molar-refractivity contribution is 9.10. The molecule has 1 aromatic carbocycles. The summed E-state index contributed by atoms with van der Waals surface area (Å²) < 4.78 is 40.4. The average Bonchev–Trinajstić information content (AvgIpc) is 2.33. The zero-order chi connectivity index (χ0) is 14.0. The van der Waals surface area contributed by atoms with Crippen molar-refractivity contribution in [3.05, 3.63) is 34.1 Å². The third-order valence-electron chi connectivity index (χ3n) is 3.74. The summed E-state index contributed by atoms with van der Waals surface area (Å²) in [6.07, 6.45) is -0.375. The van der Waals surface area contributed by atoms with Crippen molar-refractivity contribution in [1.82, 2.24) is 0 Å². The third-order valence-corrected chi connectivity index (χ3v) is 4.24. The molecule has 106 valence electrons. The molecule has 2 rings (SSSR count). The van der Waals surface area contributed by atoms with Gasteiger partial charge < -0.3 is 5.11 Å². The summed E-state index contributed by atoms with van der Waals surface area (Å²) in [5, 5.41) is 10.1. The minimum absolute atomic E-state index is 0.168. The molecular weight excluding hydrogens is 321 g/mol. The maximum Gasteiger partial charge on any atom is 0.248 e. The van der Waals surface area contributed by atoms with Crippen LogP contribution < -0.4 is 0 Å². The van der Waals surface area contributed by atoms with E-state index in [0.717, 1.165) is 4.47 Å². The van der Waals surface area contributed by atoms with Gasteiger partial charge in [0.25, 0.3) is 0 Å². The average molecular weight is 337 g/mol. The van der Waals surface area contributed by atoms with Crippen molar-refractivity contribution in [2.45, 2.75) is 44.1 Å². The monoisotopic (exact) mass is 336 g/mol. The van der Waals surface area contributed by atoms with Gasteiger partial charge in [0.15, 0.2) is 0 Å². The highest BCUT2D eigenvalue weighted by Gasteiger charge is 2.37. The molecule has 0 amide bonds. The second-order valence-electron chi connectivity index (χ2n) is 5.20. The molecule has 0 heterocycles. The highest BCUT2D eigenvalue weighted by Crippen LogP contribution is 2.38. The number of aliphatic hydroxyl groups is 1. The van der Waals surface area contributed by atoms with Crippen LogP contribution in [0.2, 0.25) is 0 Å². The van der Waals surface area contributed by atoms with Crippen molar-refractivity contribution < 1.29 is 18.3 Å². The van der Waals surface area contributed by atoms with Crippen LogP contribution in [0.3, 0.4) is 0 Å². The van der Waals surface area contributed by atoms with Crippen LogP contribution in [-0.4, -0.2) is 17.1 Å². The Morgan fingerprint density at radius 2 is 1.95 bits per heavy atom. The Hall–Kier alpha value is -0.550. The van der Waals surface area contributed by atoms with E-state index in [2.05, 4.69) is 15.9 Å². The predicted octanol–water partition coefficient (Wildman–Crippen LogP) is 4.32. The normalized spacial score (nSPS) is 21.3. The zero-order valence-corrected chi connectivity index (χ0v) is 12.0. The Morgan fingerprint density at radius 3 is 2.58 bits per heavy atom. The summed E-state index contributed by atoms with van der Waals surface area (Å²) >= 11 is 3.25. The lowest BCUT2D eigenvalue weighted by Gasteiger charge is -2.31. The molecule has 1 unspecified atom stereocenters. The molecule has 1 aromatic rings. The number of rotatable bonds is 3. The van der Waals surface area contributed by atoms with Crippen molar-refractivity contribution in [2.75, 3.05) is 0 Å². The Morgan fingerprint density at radius 1 is 1.32 bits per heavy atom. The lowest BCUT2D eigenvalue weighted by Crippen LogP contribution is -2.32. The molecular formula is C14H16BrF3O. The first kappa shape index (κ1) is 14.9. The van der Waals surface area contributed by atoms with Crippen LogP contribution in [0.25, 0.3) is 0 Å². The van der Waals surface area contributed by atoms with E-state index in [1.165, 1.54) is 6.07 Å². The molecule has 0 aromatic heterocycles. The topological polar surface area (TPSA) is 20.2 Å². The van der Waals surface area contributed by atoms with E-state index in [9.17, 15) is 18.3 Å². The van der Waals surface area contributed by atoms with Gasteiger partial charge >= 0.3 is 0 Å². The van der Waals surface area contributed by atoms with Crippen LogP contribution in [-0.2, 0) is 6.42 Å². The van der Waals surface area contributed by atoms with Crippen LogP contribution in [0.4, 0.5) is 13.2 Å². The molecule has 1 aliphatic rings. The van der Waals surface area contributed by atoms with Gasteiger partial charge in [-0.15, -0.1) is 0 Å². The van der Waals surface area contributed by atoms with Crippen LogP contribution in [0.5, 0.6) is 0 Å². The molecule has 0 saturated heterocycles. The lowest BCUT2D eigenvalue weighted by atomic mass is 9.81. The number of aliphatic hydroxyl groups excluding tert-OH is 1. The number of benzene rings is 1. The van der Waals surface area contributed by atoms with Gasteiger partial charge in [0.2, 0.25) is 5.92 Å². The first-order valence-corrected chi connectivity index (χ1v) is 7.16. The fourth-order valence-corrected chi connectivity index (χ4v) is 2.95. The fraction of sp³-hybridized carbons (Fsp3) is 0.571. The molecule has 0 aliphatic heterocycles. The van der Waals surface area contributed by atoms with Gasteiger partial charge in [-0.2, -0.15) is 0 Å². The second kappa shape index (κ2) is 5.83. The first-order chi connectivity index (χ1) is 8.87. The fourth-order valence-electron chi connectivity index (χ4n) is 2.54. The van der Waals surface area contributed by atoms with E-state index in [4.69, 9.17) is 0 Å². The number of alkyl halides is 2. The van der Waals surface area contributed by atoms with Gasteiger partial charge in [-0.3, -0.25) is 0 Å². The van der Waals surface area contributed by atoms with Crippen molar-refractivity contribution in [2.24, 2.45) is 5.92 Å². The van der Waals surface area contributed by atoms with E-state index < -0.39 is 12.0 Å². The van der Waals surface area contributed by atoms with Gasteiger partial charge in [-0.1, -0.05) is 15.9 Å². The van der Waals surface area contributed by atoms with Crippen molar-refractivity contribution >= 4 is 15.9 Å². The predicted molar refractivity (Wildman–Crippen MR) is 70.7 cm³/mol. The van der Waals surface area contributed by atoms with E-state index in [1.54, 1.807) is 12.1 Å². The Balaban J connectivity index is 1.98. The van der Waals surface area contributed by atoms with Crippen LogP contribution in [0.15, 0.2) is 22.7 Å². The van der Waals surface area contributed by atoms with E-state index >= 15 is 0 Å². The van der Waals surface area contributed by atoms with Crippen LogP contribution in [0.1, 0.15) is 31.2 Å². The molecule has 1 saturated carbocycles. The van der Waals surface area contributed by atoms with E-state index in [-0.39, 0.29) is 31.0 Å². The molecule has 0 bridgehead atoms. The molecule has 19 heavy (non-hydrogen) atoms. The minimum Gasteiger partial charge on any atom is -0.392 e. The summed E-state index contributed by atoms with van der Waals surface area (Å²) in [6, 6.07) is 4.55. The van der Waals surface area contributed by atoms with Crippen molar-refractivity contribution in [3.63, 3.8) is 0 Å². The maximum absolute atomic E-state index is 13.6. The van der Waals surface area contributed by atoms with Crippen molar-refractivity contribution in [1.29, 1.82) is 0 Å². The molecule has 1 atom stereocenters. The summed E-state index contributed by atoms with van der Waals surface area (Å²) in [4.78, 5) is 0. The molecule has 1 nitrogen and oxygen atoms in total. The van der Waals surface area contributed by atoms with Gasteiger partial charge in [0.05, 0.1) is 6.10 Å². The van der Waals surface area contributed by atoms with Gasteiger partial charge in [-0.25, -0.2) is 13.2 Å². The summed E-state index contributed by atoms with van der Waals surface area (Å²) in [5.41, 5.74) is 0.416. The van der Waals surface area contributed by atoms with E-state index in [0.29, 0.717) is 18.4 Å². The van der Waals surface area contributed by atoms with Gasteiger partial charge in [-0.05, 0) is 42.5 Å². The highest BCUT2D eigenvalue weighted by atomic mass is 79.9. The maximum atomic E-state index is 13.6. The number of hydrogen-bond acceptors (Lipinski definition) is 1. The van der Waals surface area contributed by atoms with Crippen LogP contribution >= 0.6 is 15.9 Å². The molecule has 1 aliphatic carbocycles. The van der Waals surface area contributed by atoms with Gasteiger partial charge in [0.1, 0.15) is 5.82 Å². The largest absolute Gasteiger partial charge is 0.392 e.